The molecule has 0 radical (unpaired) electrons. The summed E-state index contributed by atoms with van der Waals surface area (Å²) in [5.41, 5.74) is 3.95. The Balaban J connectivity index is 1.40. The lowest BCUT2D eigenvalue weighted by molar-refractivity contribution is -0.254. The zero-order valence-electron chi connectivity index (χ0n) is 23.5. The van der Waals surface area contributed by atoms with Gasteiger partial charge in [0.1, 0.15) is 29.9 Å². The lowest BCUT2D eigenvalue weighted by Gasteiger charge is -2.46. The van der Waals surface area contributed by atoms with Gasteiger partial charge in [-0.1, -0.05) is 121 Å². The minimum absolute atomic E-state index is 0.338. The molecular formula is C35H37ClO5S. The van der Waals surface area contributed by atoms with Crippen molar-refractivity contribution in [3.63, 3.8) is 0 Å². The Morgan fingerprint density at radius 3 is 1.38 bits per heavy atom. The van der Waals surface area contributed by atoms with E-state index in [1.807, 2.05) is 72.8 Å². The normalized spacial score (nSPS) is 22.2. The predicted molar refractivity (Wildman–Crippen MR) is 168 cm³/mol. The molecule has 0 saturated carbocycles. The number of alkyl halides is 1. The molecule has 0 aromatic heterocycles. The summed E-state index contributed by atoms with van der Waals surface area (Å²) in [6.45, 7) is 2.05. The number of hydrogen-bond acceptors (Lipinski definition) is 6. The standard InChI is InChI=1S/C35H37ClO5S/c36-26-42-35-34(40-24-30-19-11-4-12-20-30)33(39-23-29-17-9-3-10-18-29)32(38-22-28-15-7-2-8-16-28)31(41-35)25-37-21-27-13-5-1-6-14-27/h1-20,31-35H,21-26H2/t31-,32-,33+,34-,35+/m1/s1. The number of rotatable bonds is 15. The monoisotopic (exact) mass is 604 g/mol. The van der Waals surface area contributed by atoms with Gasteiger partial charge >= 0.3 is 0 Å². The van der Waals surface area contributed by atoms with Crippen molar-refractivity contribution < 1.29 is 23.7 Å². The first kappa shape index (κ1) is 30.8. The summed E-state index contributed by atoms with van der Waals surface area (Å²) in [5, 5.41) is 0.356. The van der Waals surface area contributed by atoms with Crippen molar-refractivity contribution in [1.82, 2.24) is 0 Å². The van der Waals surface area contributed by atoms with E-state index in [0.717, 1.165) is 22.3 Å². The molecular weight excluding hydrogens is 568 g/mol. The fourth-order valence-electron chi connectivity index (χ4n) is 4.94. The van der Waals surface area contributed by atoms with Gasteiger partial charge in [0.2, 0.25) is 0 Å². The van der Waals surface area contributed by atoms with Crippen molar-refractivity contribution in [2.24, 2.45) is 0 Å². The van der Waals surface area contributed by atoms with Crippen LogP contribution in [-0.4, -0.2) is 41.7 Å². The summed E-state index contributed by atoms with van der Waals surface area (Å²) in [5.74, 6) is 0. The van der Waals surface area contributed by atoms with Gasteiger partial charge in [0.25, 0.3) is 0 Å². The van der Waals surface area contributed by atoms with E-state index < -0.39 is 24.4 Å². The Kier molecular flexibility index (Phi) is 12.3. The van der Waals surface area contributed by atoms with Crippen LogP contribution in [0.2, 0.25) is 0 Å². The third-order valence-corrected chi connectivity index (χ3v) is 8.28. The molecule has 0 bridgehead atoms. The fourth-order valence-corrected chi connectivity index (χ4v) is 6.08. The lowest BCUT2D eigenvalue weighted by Crippen LogP contribution is -2.60. The Hall–Kier alpha value is -2.68. The van der Waals surface area contributed by atoms with Crippen LogP contribution in [0.25, 0.3) is 0 Å². The maximum absolute atomic E-state index is 6.70. The average molecular weight is 605 g/mol. The molecule has 0 spiro atoms. The maximum atomic E-state index is 6.70. The molecule has 4 aromatic rings. The molecule has 1 fully saturated rings. The summed E-state index contributed by atoms with van der Waals surface area (Å²) in [4.78, 5) is 0. The lowest BCUT2D eigenvalue weighted by atomic mass is 9.98. The van der Waals surface area contributed by atoms with E-state index >= 15 is 0 Å². The van der Waals surface area contributed by atoms with Gasteiger partial charge in [0.15, 0.2) is 0 Å². The van der Waals surface area contributed by atoms with Crippen LogP contribution in [0.15, 0.2) is 121 Å². The van der Waals surface area contributed by atoms with E-state index in [4.69, 9.17) is 35.3 Å². The second kappa shape index (κ2) is 16.8. The van der Waals surface area contributed by atoms with Gasteiger partial charge in [-0.15, -0.1) is 23.4 Å². The van der Waals surface area contributed by atoms with Crippen molar-refractivity contribution in [2.75, 3.05) is 11.8 Å². The quantitative estimate of drug-likeness (QED) is 0.130. The van der Waals surface area contributed by atoms with Gasteiger partial charge in [0.05, 0.1) is 38.2 Å². The third-order valence-electron chi connectivity index (χ3n) is 7.07. The fraction of sp³-hybridized carbons (Fsp3) is 0.314. The molecule has 1 saturated heterocycles. The van der Waals surface area contributed by atoms with Gasteiger partial charge in [-0.25, -0.2) is 0 Å². The Bertz CT molecular complexity index is 1280. The topological polar surface area (TPSA) is 46.2 Å². The molecule has 5 rings (SSSR count). The van der Waals surface area contributed by atoms with Crippen molar-refractivity contribution in [3.05, 3.63) is 144 Å². The molecule has 7 heteroatoms. The molecule has 0 unspecified atom stereocenters. The van der Waals surface area contributed by atoms with Crippen LogP contribution < -0.4 is 0 Å². The summed E-state index contributed by atoms with van der Waals surface area (Å²) < 4.78 is 32.8. The van der Waals surface area contributed by atoms with E-state index in [9.17, 15) is 0 Å². The first-order chi connectivity index (χ1) is 20.8. The SMILES string of the molecule is ClCS[C@@H]1O[C@H](COCc2ccccc2)[C@@H](OCc2ccccc2)[C@H](OCc2ccccc2)[C@H]1OCc1ccccc1. The van der Waals surface area contributed by atoms with E-state index in [1.54, 1.807) is 0 Å². The van der Waals surface area contributed by atoms with Crippen LogP contribution in [0.3, 0.4) is 0 Å². The molecule has 0 aliphatic carbocycles. The summed E-state index contributed by atoms with van der Waals surface area (Å²) in [7, 11) is 0. The van der Waals surface area contributed by atoms with Crippen molar-refractivity contribution in [2.45, 2.75) is 56.3 Å². The Labute approximate surface area is 258 Å². The molecule has 0 N–H and O–H groups in total. The minimum Gasteiger partial charge on any atom is -0.374 e. The summed E-state index contributed by atoms with van der Waals surface area (Å²) >= 11 is 7.77. The molecule has 1 aliphatic heterocycles. The van der Waals surface area contributed by atoms with Crippen molar-refractivity contribution in [1.29, 1.82) is 0 Å². The van der Waals surface area contributed by atoms with Gasteiger partial charge in [-0.3, -0.25) is 0 Å². The molecule has 42 heavy (non-hydrogen) atoms. The first-order valence-corrected chi connectivity index (χ1v) is 15.8. The van der Waals surface area contributed by atoms with Gasteiger partial charge in [-0.05, 0) is 22.3 Å². The van der Waals surface area contributed by atoms with Crippen LogP contribution >= 0.6 is 23.4 Å². The number of ether oxygens (including phenoxy) is 5. The van der Waals surface area contributed by atoms with Crippen molar-refractivity contribution in [3.8, 4) is 0 Å². The average Bonchev–Trinajstić information content (AvgIpc) is 3.05. The molecule has 5 nitrogen and oxygen atoms in total. The van der Waals surface area contributed by atoms with Gasteiger partial charge < -0.3 is 23.7 Å². The van der Waals surface area contributed by atoms with Crippen LogP contribution in [0.4, 0.5) is 0 Å². The highest BCUT2D eigenvalue weighted by Gasteiger charge is 2.48. The van der Waals surface area contributed by atoms with Crippen LogP contribution in [0.5, 0.6) is 0 Å². The van der Waals surface area contributed by atoms with Crippen LogP contribution in [-0.2, 0) is 50.1 Å². The van der Waals surface area contributed by atoms with Crippen molar-refractivity contribution >= 4 is 23.4 Å². The first-order valence-electron chi connectivity index (χ1n) is 14.2. The molecule has 5 atom stereocenters. The molecule has 0 amide bonds. The second-order valence-corrected chi connectivity index (χ2v) is 11.8. The number of benzene rings is 4. The Morgan fingerprint density at radius 1 is 0.524 bits per heavy atom. The second-order valence-electron chi connectivity index (χ2n) is 10.1. The van der Waals surface area contributed by atoms with Gasteiger partial charge in [0, 0.05) is 0 Å². The summed E-state index contributed by atoms with van der Waals surface area (Å²) in [6, 6.07) is 40.5. The molecule has 220 valence electrons. The van der Waals surface area contributed by atoms with E-state index in [1.165, 1.54) is 11.8 Å². The number of halogens is 1. The smallest absolute Gasteiger partial charge is 0.133 e. The minimum atomic E-state index is -0.447. The number of hydrogen-bond donors (Lipinski definition) is 0. The summed E-state index contributed by atoms with van der Waals surface area (Å²) in [6.07, 6.45) is -1.70. The zero-order chi connectivity index (χ0) is 28.8. The maximum Gasteiger partial charge on any atom is 0.133 e. The van der Waals surface area contributed by atoms with E-state index in [-0.39, 0.29) is 5.44 Å². The van der Waals surface area contributed by atoms with E-state index in [2.05, 4.69) is 48.5 Å². The van der Waals surface area contributed by atoms with Crippen LogP contribution in [0, 0.1) is 0 Å². The number of thioether (sulfide) groups is 1. The Morgan fingerprint density at radius 2 is 0.929 bits per heavy atom. The molecule has 4 aromatic carbocycles. The zero-order valence-corrected chi connectivity index (χ0v) is 25.1. The highest BCUT2D eigenvalue weighted by Crippen LogP contribution is 2.35. The predicted octanol–water partition coefficient (Wildman–Crippen LogP) is 7.61. The molecule has 1 aliphatic rings. The molecule has 1 heterocycles. The highest BCUT2D eigenvalue weighted by molar-refractivity contribution is 8.00. The largest absolute Gasteiger partial charge is 0.374 e. The van der Waals surface area contributed by atoms with Crippen LogP contribution in [0.1, 0.15) is 22.3 Å². The van der Waals surface area contributed by atoms with Gasteiger partial charge in [-0.2, -0.15) is 0 Å². The van der Waals surface area contributed by atoms with E-state index in [0.29, 0.717) is 38.2 Å². The highest BCUT2D eigenvalue weighted by atomic mass is 35.5. The third kappa shape index (κ3) is 9.16.